The van der Waals surface area contributed by atoms with Gasteiger partial charge in [-0.25, -0.2) is 4.79 Å². The zero-order valence-electron chi connectivity index (χ0n) is 10.1. The number of benzene rings is 1. The number of nitrogens with one attached hydrogen (secondary N) is 1. The minimum Gasteiger partial charge on any atom is -0.491 e. The number of hydrogen-bond acceptors (Lipinski definition) is 4. The van der Waals surface area contributed by atoms with Gasteiger partial charge in [0.25, 0.3) is 0 Å². The number of H-pyrrole nitrogens is 1. The molecule has 5 nitrogen and oxygen atoms in total. The fourth-order valence-electron chi connectivity index (χ4n) is 1.76. The molecule has 0 bridgehead atoms. The third-order valence-electron chi connectivity index (χ3n) is 2.55. The maximum atomic E-state index is 12.1. The molecule has 1 aromatic heterocycles. The quantitative estimate of drug-likeness (QED) is 0.838. The van der Waals surface area contributed by atoms with Crippen LogP contribution in [0.2, 0.25) is 0 Å². The van der Waals surface area contributed by atoms with E-state index in [-0.39, 0.29) is 23.5 Å². The smallest absolute Gasteiger partial charge is 0.358 e. The lowest BCUT2D eigenvalue weighted by atomic mass is 10.2. The number of carbonyl (C=O) groups is 1. The van der Waals surface area contributed by atoms with Crippen molar-refractivity contribution in [2.24, 2.45) is 0 Å². The number of pyridine rings is 1. The molecular formula is C13H13NO4. The van der Waals surface area contributed by atoms with Gasteiger partial charge in [0.1, 0.15) is 0 Å². The Labute approximate surface area is 103 Å². The lowest BCUT2D eigenvalue weighted by Crippen LogP contribution is -2.16. The van der Waals surface area contributed by atoms with Gasteiger partial charge in [0.2, 0.25) is 5.43 Å². The van der Waals surface area contributed by atoms with Crippen LogP contribution < -0.4 is 10.2 Å². The first-order chi connectivity index (χ1) is 8.69. The van der Waals surface area contributed by atoms with Gasteiger partial charge in [-0.15, -0.1) is 0 Å². The molecule has 2 aromatic rings. The molecule has 0 amide bonds. The first-order valence-electron chi connectivity index (χ1n) is 5.55. The molecule has 0 aliphatic rings. The highest BCUT2D eigenvalue weighted by molar-refractivity contribution is 5.94. The fraction of sp³-hybridized carbons (Fsp3) is 0.231. The van der Waals surface area contributed by atoms with Crippen molar-refractivity contribution in [3.05, 3.63) is 40.2 Å². The highest BCUT2D eigenvalue weighted by Gasteiger charge is 2.19. The minimum absolute atomic E-state index is 0.0212. The zero-order valence-corrected chi connectivity index (χ0v) is 10.1. The van der Waals surface area contributed by atoms with Crippen molar-refractivity contribution < 1.29 is 14.3 Å². The van der Waals surface area contributed by atoms with Gasteiger partial charge < -0.3 is 14.5 Å². The monoisotopic (exact) mass is 247 g/mol. The van der Waals surface area contributed by atoms with E-state index >= 15 is 0 Å². The van der Waals surface area contributed by atoms with Crippen LogP contribution in [0, 0.1) is 0 Å². The number of ether oxygens (including phenoxy) is 2. The van der Waals surface area contributed by atoms with Gasteiger partial charge in [-0.2, -0.15) is 0 Å². The number of hydrogen-bond donors (Lipinski definition) is 1. The van der Waals surface area contributed by atoms with E-state index in [0.717, 1.165) is 0 Å². The second-order valence-electron chi connectivity index (χ2n) is 3.63. The van der Waals surface area contributed by atoms with Crippen molar-refractivity contribution >= 4 is 16.9 Å². The Balaban J connectivity index is 2.73. The van der Waals surface area contributed by atoms with Crippen molar-refractivity contribution in [3.63, 3.8) is 0 Å². The molecule has 0 saturated heterocycles. The molecule has 0 radical (unpaired) electrons. The van der Waals surface area contributed by atoms with E-state index in [2.05, 4.69) is 4.98 Å². The van der Waals surface area contributed by atoms with Gasteiger partial charge >= 0.3 is 5.97 Å². The number of aromatic nitrogens is 1. The number of rotatable bonds is 3. The Bertz CT molecular complexity index is 645. The molecule has 1 aromatic carbocycles. The molecule has 5 heteroatoms. The summed E-state index contributed by atoms with van der Waals surface area (Å²) in [5.74, 6) is -0.621. The summed E-state index contributed by atoms with van der Waals surface area (Å²) >= 11 is 0. The molecule has 1 heterocycles. The summed E-state index contributed by atoms with van der Waals surface area (Å²) in [6, 6.07) is 6.92. The van der Waals surface area contributed by atoms with Crippen LogP contribution in [0.1, 0.15) is 17.4 Å². The van der Waals surface area contributed by atoms with Crippen molar-refractivity contribution in [2.45, 2.75) is 6.92 Å². The summed E-state index contributed by atoms with van der Waals surface area (Å²) in [6.45, 7) is 1.93. The van der Waals surface area contributed by atoms with Crippen molar-refractivity contribution in [1.29, 1.82) is 0 Å². The highest BCUT2D eigenvalue weighted by atomic mass is 16.5. The van der Waals surface area contributed by atoms with Crippen LogP contribution in [-0.2, 0) is 4.74 Å². The third kappa shape index (κ3) is 1.95. The number of methoxy groups -OCH3 is 1. The first-order valence-corrected chi connectivity index (χ1v) is 5.55. The number of esters is 1. The SMILES string of the molecule is CCOC(=O)c1[nH]c2ccccc2c(=O)c1OC. The summed E-state index contributed by atoms with van der Waals surface area (Å²) in [5, 5.41) is 0.474. The van der Waals surface area contributed by atoms with Crippen LogP contribution in [0.15, 0.2) is 29.1 Å². The molecule has 0 fully saturated rings. The van der Waals surface area contributed by atoms with Crippen LogP contribution >= 0.6 is 0 Å². The number of aromatic amines is 1. The maximum Gasteiger partial charge on any atom is 0.358 e. The highest BCUT2D eigenvalue weighted by Crippen LogP contribution is 2.17. The number of carbonyl (C=O) groups excluding carboxylic acids is 1. The van der Waals surface area contributed by atoms with Crippen LogP contribution in [0.3, 0.4) is 0 Å². The van der Waals surface area contributed by atoms with E-state index in [4.69, 9.17) is 9.47 Å². The molecule has 0 aliphatic carbocycles. The minimum atomic E-state index is -0.600. The normalized spacial score (nSPS) is 10.3. The Hall–Kier alpha value is -2.30. The van der Waals surface area contributed by atoms with E-state index in [1.54, 1.807) is 31.2 Å². The Morgan fingerprint density at radius 2 is 2.06 bits per heavy atom. The predicted octanol–water partition coefficient (Wildman–Crippen LogP) is 1.71. The molecule has 1 N–H and O–H groups in total. The zero-order chi connectivity index (χ0) is 13.1. The lowest BCUT2D eigenvalue weighted by molar-refractivity contribution is 0.0516. The summed E-state index contributed by atoms with van der Waals surface area (Å²) in [4.78, 5) is 26.8. The summed E-state index contributed by atoms with van der Waals surface area (Å²) in [5.41, 5.74) is 0.296. The molecule has 0 unspecified atom stereocenters. The standard InChI is InChI=1S/C13H13NO4/c1-3-18-13(16)10-12(17-2)11(15)8-6-4-5-7-9(8)14-10/h4-7H,3H2,1-2H3,(H,14,15). The maximum absolute atomic E-state index is 12.1. The average molecular weight is 247 g/mol. The summed E-state index contributed by atoms with van der Waals surface area (Å²) in [7, 11) is 1.35. The molecule has 0 aliphatic heterocycles. The third-order valence-corrected chi connectivity index (χ3v) is 2.55. The van der Waals surface area contributed by atoms with Gasteiger partial charge in [0.05, 0.1) is 19.2 Å². The van der Waals surface area contributed by atoms with Crippen molar-refractivity contribution in [3.8, 4) is 5.75 Å². The van der Waals surface area contributed by atoms with Gasteiger partial charge in [-0.3, -0.25) is 4.79 Å². The van der Waals surface area contributed by atoms with Gasteiger partial charge in [0, 0.05) is 5.39 Å². The Kier molecular flexibility index (Phi) is 3.32. The van der Waals surface area contributed by atoms with Crippen LogP contribution in [0.25, 0.3) is 10.9 Å². The largest absolute Gasteiger partial charge is 0.491 e. The second-order valence-corrected chi connectivity index (χ2v) is 3.63. The molecule has 0 saturated carbocycles. The fourth-order valence-corrected chi connectivity index (χ4v) is 1.76. The van der Waals surface area contributed by atoms with Gasteiger partial charge in [0.15, 0.2) is 11.4 Å². The molecule has 0 spiro atoms. The Morgan fingerprint density at radius 1 is 1.33 bits per heavy atom. The first kappa shape index (κ1) is 12.2. The van der Waals surface area contributed by atoms with Crippen LogP contribution in [0.5, 0.6) is 5.75 Å². The van der Waals surface area contributed by atoms with Crippen molar-refractivity contribution in [2.75, 3.05) is 13.7 Å². The molecule has 18 heavy (non-hydrogen) atoms. The lowest BCUT2D eigenvalue weighted by Gasteiger charge is -2.09. The number of para-hydroxylation sites is 1. The van der Waals surface area contributed by atoms with E-state index in [1.165, 1.54) is 7.11 Å². The average Bonchev–Trinajstić information content (AvgIpc) is 2.39. The summed E-state index contributed by atoms with van der Waals surface area (Å²) < 4.78 is 9.89. The molecule has 94 valence electrons. The van der Waals surface area contributed by atoms with Crippen LogP contribution in [-0.4, -0.2) is 24.7 Å². The molecule has 2 rings (SSSR count). The van der Waals surface area contributed by atoms with E-state index in [0.29, 0.717) is 10.9 Å². The van der Waals surface area contributed by atoms with E-state index in [1.807, 2.05) is 0 Å². The van der Waals surface area contributed by atoms with Gasteiger partial charge in [-0.1, -0.05) is 12.1 Å². The number of fused-ring (bicyclic) bond motifs is 1. The Morgan fingerprint density at radius 3 is 2.72 bits per heavy atom. The molecule has 0 atom stereocenters. The van der Waals surface area contributed by atoms with E-state index in [9.17, 15) is 9.59 Å². The topological polar surface area (TPSA) is 68.4 Å². The molecular weight excluding hydrogens is 234 g/mol. The van der Waals surface area contributed by atoms with E-state index < -0.39 is 5.97 Å². The van der Waals surface area contributed by atoms with Crippen molar-refractivity contribution in [1.82, 2.24) is 4.98 Å². The second kappa shape index (κ2) is 4.91. The predicted molar refractivity (Wildman–Crippen MR) is 67.1 cm³/mol. The van der Waals surface area contributed by atoms with Gasteiger partial charge in [-0.05, 0) is 19.1 Å². The summed E-state index contributed by atoms with van der Waals surface area (Å²) in [6.07, 6.45) is 0. The van der Waals surface area contributed by atoms with Crippen LogP contribution in [0.4, 0.5) is 0 Å².